The monoisotopic (exact) mass is 221 g/mol. The van der Waals surface area contributed by atoms with Gasteiger partial charge < -0.3 is 15.8 Å². The summed E-state index contributed by atoms with van der Waals surface area (Å²) in [7, 11) is 1.76. The van der Waals surface area contributed by atoms with Gasteiger partial charge in [-0.3, -0.25) is 0 Å². The number of aryl methyl sites for hydroxylation is 1. The predicted molar refractivity (Wildman–Crippen MR) is 65.4 cm³/mol. The molecule has 0 saturated heterocycles. The van der Waals surface area contributed by atoms with Crippen molar-refractivity contribution < 1.29 is 4.74 Å². The van der Waals surface area contributed by atoms with E-state index in [2.05, 4.69) is 10.3 Å². The lowest BCUT2D eigenvalue weighted by Crippen LogP contribution is -2.30. The van der Waals surface area contributed by atoms with Crippen LogP contribution in [0, 0.1) is 6.92 Å². The molecule has 4 heteroatoms. The van der Waals surface area contributed by atoms with Gasteiger partial charge in [-0.2, -0.15) is 0 Å². The van der Waals surface area contributed by atoms with Crippen LogP contribution in [0.25, 0.3) is 0 Å². The van der Waals surface area contributed by atoms with Crippen molar-refractivity contribution in [1.82, 2.24) is 4.98 Å². The number of nitrogen functional groups attached to an aromatic ring is 1. The minimum Gasteiger partial charge on any atom is -0.396 e. The number of aromatic nitrogens is 1. The van der Waals surface area contributed by atoms with E-state index in [1.54, 1.807) is 7.11 Å². The minimum absolute atomic E-state index is 0.279. The number of ether oxygens (including phenoxy) is 1. The molecule has 3 N–H and O–H groups in total. The third kappa shape index (κ3) is 2.27. The Labute approximate surface area is 96.2 Å². The molecule has 2 atom stereocenters. The summed E-state index contributed by atoms with van der Waals surface area (Å²) in [6, 6.07) is 4.14. The first kappa shape index (κ1) is 11.2. The number of nitrogens with one attached hydrogen (secondary N) is 1. The second-order valence-electron chi connectivity index (χ2n) is 4.35. The molecule has 88 valence electrons. The minimum atomic E-state index is 0.279. The highest BCUT2D eigenvalue weighted by molar-refractivity contribution is 5.61. The molecule has 1 aliphatic carbocycles. The van der Waals surface area contributed by atoms with E-state index in [9.17, 15) is 0 Å². The zero-order valence-corrected chi connectivity index (χ0v) is 9.86. The Morgan fingerprint density at radius 3 is 3.00 bits per heavy atom. The Morgan fingerprint density at radius 1 is 1.44 bits per heavy atom. The molecule has 1 heterocycles. The van der Waals surface area contributed by atoms with E-state index >= 15 is 0 Å². The molecule has 0 amide bonds. The Hall–Kier alpha value is -1.29. The molecule has 1 aromatic rings. The zero-order valence-electron chi connectivity index (χ0n) is 9.86. The van der Waals surface area contributed by atoms with E-state index in [1.807, 2.05) is 19.1 Å². The summed E-state index contributed by atoms with van der Waals surface area (Å²) >= 11 is 0. The quantitative estimate of drug-likeness (QED) is 0.819. The first-order valence-corrected chi connectivity index (χ1v) is 5.73. The Kier molecular flexibility index (Phi) is 3.29. The lowest BCUT2D eigenvalue weighted by atomic mass is 10.2. The summed E-state index contributed by atoms with van der Waals surface area (Å²) in [6.07, 6.45) is 3.71. The Balaban J connectivity index is 2.11. The number of pyridine rings is 1. The van der Waals surface area contributed by atoms with Crippen LogP contribution in [0.15, 0.2) is 12.1 Å². The van der Waals surface area contributed by atoms with Gasteiger partial charge in [-0.15, -0.1) is 0 Å². The molecule has 2 rings (SSSR count). The maximum Gasteiger partial charge on any atom is 0.149 e. The maximum absolute atomic E-state index is 5.89. The van der Waals surface area contributed by atoms with Gasteiger partial charge in [0.25, 0.3) is 0 Å². The first-order chi connectivity index (χ1) is 7.70. The van der Waals surface area contributed by atoms with E-state index in [-0.39, 0.29) is 6.10 Å². The van der Waals surface area contributed by atoms with Gasteiger partial charge in [0, 0.05) is 12.8 Å². The van der Waals surface area contributed by atoms with Gasteiger partial charge >= 0.3 is 0 Å². The van der Waals surface area contributed by atoms with Gasteiger partial charge in [0.1, 0.15) is 5.82 Å². The number of nitrogens with two attached hydrogens (primary N) is 1. The molecular weight excluding hydrogens is 202 g/mol. The number of nitrogens with zero attached hydrogens (tertiary/aromatic N) is 1. The number of methoxy groups -OCH3 is 1. The molecule has 16 heavy (non-hydrogen) atoms. The van der Waals surface area contributed by atoms with Crippen LogP contribution in [0.1, 0.15) is 25.0 Å². The SMILES string of the molecule is COC1CCCC1Nc1nc(C)ccc1N. The number of hydrogen-bond acceptors (Lipinski definition) is 4. The molecule has 0 bridgehead atoms. The molecule has 0 aromatic carbocycles. The summed E-state index contributed by atoms with van der Waals surface area (Å²) in [5.74, 6) is 0.786. The van der Waals surface area contributed by atoms with Crippen LogP contribution in [0.3, 0.4) is 0 Å². The van der Waals surface area contributed by atoms with Crippen molar-refractivity contribution in [2.24, 2.45) is 0 Å². The fourth-order valence-corrected chi connectivity index (χ4v) is 2.23. The maximum atomic E-state index is 5.89. The van der Waals surface area contributed by atoms with Gasteiger partial charge in [0.15, 0.2) is 0 Å². The average Bonchev–Trinajstić information content (AvgIpc) is 2.71. The van der Waals surface area contributed by atoms with Crippen molar-refractivity contribution in [3.8, 4) is 0 Å². The van der Waals surface area contributed by atoms with E-state index in [0.717, 1.165) is 24.4 Å². The summed E-state index contributed by atoms with van der Waals surface area (Å²) in [5, 5.41) is 3.39. The zero-order chi connectivity index (χ0) is 11.5. The van der Waals surface area contributed by atoms with Gasteiger partial charge in [0.2, 0.25) is 0 Å². The largest absolute Gasteiger partial charge is 0.396 e. The Morgan fingerprint density at radius 2 is 2.25 bits per heavy atom. The van der Waals surface area contributed by atoms with Crippen LogP contribution in [-0.2, 0) is 4.74 Å². The number of rotatable bonds is 3. The van der Waals surface area contributed by atoms with E-state index < -0.39 is 0 Å². The lowest BCUT2D eigenvalue weighted by Gasteiger charge is -2.21. The molecule has 1 aromatic heterocycles. The van der Waals surface area contributed by atoms with Crippen molar-refractivity contribution in [3.05, 3.63) is 17.8 Å². The van der Waals surface area contributed by atoms with Crippen molar-refractivity contribution in [2.45, 2.75) is 38.3 Å². The molecule has 1 fully saturated rings. The highest BCUT2D eigenvalue weighted by atomic mass is 16.5. The van der Waals surface area contributed by atoms with Gasteiger partial charge in [-0.1, -0.05) is 0 Å². The van der Waals surface area contributed by atoms with Crippen LogP contribution in [-0.4, -0.2) is 24.2 Å². The van der Waals surface area contributed by atoms with Crippen LogP contribution >= 0.6 is 0 Å². The van der Waals surface area contributed by atoms with Crippen LogP contribution < -0.4 is 11.1 Å². The molecule has 1 saturated carbocycles. The fourth-order valence-electron chi connectivity index (χ4n) is 2.23. The van der Waals surface area contributed by atoms with E-state index in [4.69, 9.17) is 10.5 Å². The summed E-state index contributed by atoms with van der Waals surface area (Å²) < 4.78 is 5.43. The molecule has 0 spiro atoms. The van der Waals surface area contributed by atoms with Crippen LogP contribution in [0.5, 0.6) is 0 Å². The number of anilines is 2. The van der Waals surface area contributed by atoms with Gasteiger partial charge in [-0.05, 0) is 38.3 Å². The normalized spacial score (nSPS) is 24.6. The summed E-state index contributed by atoms with van der Waals surface area (Å²) in [4.78, 5) is 4.41. The van der Waals surface area contributed by atoms with Crippen molar-refractivity contribution in [1.29, 1.82) is 0 Å². The average molecular weight is 221 g/mol. The van der Waals surface area contributed by atoms with Crippen LogP contribution in [0.4, 0.5) is 11.5 Å². The molecule has 4 nitrogen and oxygen atoms in total. The van der Waals surface area contributed by atoms with E-state index in [0.29, 0.717) is 11.7 Å². The third-order valence-electron chi connectivity index (χ3n) is 3.14. The van der Waals surface area contributed by atoms with Gasteiger partial charge in [-0.25, -0.2) is 4.98 Å². The first-order valence-electron chi connectivity index (χ1n) is 5.73. The fraction of sp³-hybridized carbons (Fsp3) is 0.583. The molecule has 2 unspecified atom stereocenters. The van der Waals surface area contributed by atoms with Crippen molar-refractivity contribution in [2.75, 3.05) is 18.2 Å². The standard InChI is InChI=1S/C12H19N3O/c1-8-6-7-9(13)12(14-8)15-10-4-3-5-11(10)16-2/h6-7,10-11H,3-5,13H2,1-2H3,(H,14,15). The lowest BCUT2D eigenvalue weighted by molar-refractivity contribution is 0.101. The Bertz CT molecular complexity index is 367. The van der Waals surface area contributed by atoms with Crippen LogP contribution in [0.2, 0.25) is 0 Å². The highest BCUT2D eigenvalue weighted by Gasteiger charge is 2.27. The smallest absolute Gasteiger partial charge is 0.149 e. The topological polar surface area (TPSA) is 60.2 Å². The highest BCUT2D eigenvalue weighted by Crippen LogP contribution is 2.26. The summed E-state index contributed by atoms with van der Waals surface area (Å²) in [6.45, 7) is 1.97. The third-order valence-corrected chi connectivity index (χ3v) is 3.14. The second-order valence-corrected chi connectivity index (χ2v) is 4.35. The van der Waals surface area contributed by atoms with E-state index in [1.165, 1.54) is 6.42 Å². The predicted octanol–water partition coefficient (Wildman–Crippen LogP) is 1.95. The number of hydrogen-bond donors (Lipinski definition) is 2. The summed E-state index contributed by atoms with van der Waals surface area (Å²) in [5.41, 5.74) is 7.57. The molecule has 1 aliphatic rings. The van der Waals surface area contributed by atoms with Gasteiger partial charge in [0.05, 0.1) is 17.8 Å². The molecular formula is C12H19N3O. The van der Waals surface area contributed by atoms with Crippen molar-refractivity contribution >= 4 is 11.5 Å². The van der Waals surface area contributed by atoms with Crippen molar-refractivity contribution in [3.63, 3.8) is 0 Å². The second kappa shape index (κ2) is 4.70. The molecule has 0 aliphatic heterocycles. The molecule has 0 radical (unpaired) electrons.